The lowest BCUT2D eigenvalue weighted by molar-refractivity contribution is 0.0526. The Morgan fingerprint density at radius 3 is 2.60 bits per heavy atom. The Balaban J connectivity index is 1.57. The molecule has 1 aromatic carbocycles. The minimum Gasteiger partial charge on any atom is -0.462 e. The molecule has 2 amide bonds. The molecule has 1 unspecified atom stereocenters. The van der Waals surface area contributed by atoms with E-state index in [4.69, 9.17) is 27.9 Å². The van der Waals surface area contributed by atoms with Gasteiger partial charge in [0.05, 0.1) is 28.3 Å². The molecule has 10 heteroatoms. The number of thiophene rings is 1. The molecule has 2 aromatic rings. The molecule has 4 rings (SSSR count). The fourth-order valence-corrected chi connectivity index (χ4v) is 6.33. The number of ether oxygens (including phenoxy) is 1. The highest BCUT2D eigenvalue weighted by atomic mass is 35.5. The lowest BCUT2D eigenvalue weighted by atomic mass is 9.85. The van der Waals surface area contributed by atoms with Gasteiger partial charge in [-0.15, -0.1) is 11.3 Å². The number of ketones is 1. The van der Waals surface area contributed by atoms with Gasteiger partial charge in [-0.3, -0.25) is 10.1 Å². The van der Waals surface area contributed by atoms with Crippen LogP contribution in [0.5, 0.6) is 0 Å². The van der Waals surface area contributed by atoms with Gasteiger partial charge in [-0.05, 0) is 88.2 Å². The third-order valence-electron chi connectivity index (χ3n) is 6.51. The number of hydrogen-bond donors (Lipinski definition) is 3. The molecule has 1 aliphatic carbocycles. The number of piperidine rings is 1. The highest BCUT2D eigenvalue weighted by Gasteiger charge is 2.33. The van der Waals surface area contributed by atoms with Gasteiger partial charge >= 0.3 is 12.0 Å². The van der Waals surface area contributed by atoms with E-state index in [0.29, 0.717) is 21.2 Å². The Bertz CT molecular complexity index is 1110. The van der Waals surface area contributed by atoms with Crippen molar-refractivity contribution in [3.63, 3.8) is 0 Å². The van der Waals surface area contributed by atoms with Gasteiger partial charge in [0.1, 0.15) is 5.00 Å². The van der Waals surface area contributed by atoms with Crippen LogP contribution in [0.4, 0.5) is 9.80 Å². The monoisotopic (exact) mass is 537 g/mol. The summed E-state index contributed by atoms with van der Waals surface area (Å²) in [6.45, 7) is 3.55. The third-order valence-corrected chi connectivity index (χ3v) is 8.45. The van der Waals surface area contributed by atoms with E-state index in [1.54, 1.807) is 19.1 Å². The number of benzene rings is 1. The Labute approximate surface area is 218 Å². The van der Waals surface area contributed by atoms with Gasteiger partial charge in [-0.25, -0.2) is 9.59 Å². The summed E-state index contributed by atoms with van der Waals surface area (Å²) in [7, 11) is 0. The molecule has 0 spiro atoms. The molecular formula is C25H29Cl2N3O4S. The number of Topliss-reactive ketones (excluding diaryl/α,β-unsaturated/α-hetero) is 1. The number of urea groups is 1. The van der Waals surface area contributed by atoms with Crippen molar-refractivity contribution in [2.45, 2.75) is 51.5 Å². The first-order valence-corrected chi connectivity index (χ1v) is 13.6. The number of esters is 1. The molecule has 2 aliphatic rings. The molecule has 7 nitrogen and oxygen atoms in total. The van der Waals surface area contributed by atoms with Crippen molar-refractivity contribution in [3.8, 4) is 0 Å². The standard InChI is InChI=1S/C25H29Cl2N3O4S/c1-2-34-24(32)20-16-5-3-4-6-19(16)35-23(20)30-25(33)29-21(14-9-11-28-12-10-14)22(31)15-7-8-17(26)18(27)13-15/h7-8,13-14,21,28H,2-6,9-12H2,1H3,(H2,29,30,33). The van der Waals surface area contributed by atoms with Crippen LogP contribution in [0.2, 0.25) is 10.0 Å². The second-order valence-corrected chi connectivity index (χ2v) is 10.7. The van der Waals surface area contributed by atoms with Gasteiger partial charge in [-0.1, -0.05) is 23.2 Å². The van der Waals surface area contributed by atoms with Crippen LogP contribution in [-0.4, -0.2) is 43.5 Å². The summed E-state index contributed by atoms with van der Waals surface area (Å²) >= 11 is 13.6. The molecule has 1 fully saturated rings. The Kier molecular flexibility index (Phi) is 8.70. The normalized spacial score (nSPS) is 16.8. The lowest BCUT2D eigenvalue weighted by Crippen LogP contribution is -2.50. The maximum atomic E-state index is 13.5. The smallest absolute Gasteiger partial charge is 0.341 e. The summed E-state index contributed by atoms with van der Waals surface area (Å²) in [5.41, 5.74) is 1.80. The van der Waals surface area contributed by atoms with Gasteiger partial charge in [0, 0.05) is 10.4 Å². The van der Waals surface area contributed by atoms with Gasteiger partial charge < -0.3 is 15.4 Å². The van der Waals surface area contributed by atoms with Crippen molar-refractivity contribution in [3.05, 3.63) is 49.8 Å². The minimum absolute atomic E-state index is 0.0370. The van der Waals surface area contributed by atoms with E-state index in [1.165, 1.54) is 17.4 Å². The number of halogens is 2. The van der Waals surface area contributed by atoms with Crippen molar-refractivity contribution < 1.29 is 19.1 Å². The number of amides is 2. The van der Waals surface area contributed by atoms with Crippen LogP contribution in [0.25, 0.3) is 0 Å². The van der Waals surface area contributed by atoms with Crippen LogP contribution < -0.4 is 16.0 Å². The zero-order chi connectivity index (χ0) is 24.9. The summed E-state index contributed by atoms with van der Waals surface area (Å²) < 4.78 is 5.28. The van der Waals surface area contributed by atoms with Crippen LogP contribution in [0.1, 0.15) is 63.8 Å². The molecule has 2 heterocycles. The largest absolute Gasteiger partial charge is 0.462 e. The van der Waals surface area contributed by atoms with Gasteiger partial charge in [0.2, 0.25) is 0 Å². The van der Waals surface area contributed by atoms with Gasteiger partial charge in [-0.2, -0.15) is 0 Å². The summed E-state index contributed by atoms with van der Waals surface area (Å²) in [6.07, 6.45) is 5.22. The van der Waals surface area contributed by atoms with Gasteiger partial charge in [0.25, 0.3) is 0 Å². The maximum Gasteiger partial charge on any atom is 0.341 e. The lowest BCUT2D eigenvalue weighted by Gasteiger charge is -2.30. The quantitative estimate of drug-likeness (QED) is 0.320. The molecule has 35 heavy (non-hydrogen) atoms. The number of carbonyl (C=O) groups is 3. The first kappa shape index (κ1) is 25.9. The number of anilines is 1. The molecule has 0 radical (unpaired) electrons. The number of rotatable bonds is 7. The van der Waals surface area contributed by atoms with E-state index in [9.17, 15) is 14.4 Å². The Hall–Kier alpha value is -2.13. The highest BCUT2D eigenvalue weighted by Crippen LogP contribution is 2.38. The zero-order valence-corrected chi connectivity index (χ0v) is 21.9. The molecule has 1 atom stereocenters. The van der Waals surface area contributed by atoms with Crippen molar-refractivity contribution in [2.24, 2.45) is 5.92 Å². The number of aryl methyl sites for hydroxylation is 1. The predicted molar refractivity (Wildman–Crippen MR) is 139 cm³/mol. The number of carbonyl (C=O) groups excluding carboxylic acids is 3. The molecule has 1 saturated heterocycles. The predicted octanol–water partition coefficient (Wildman–Crippen LogP) is 5.48. The topological polar surface area (TPSA) is 96.5 Å². The second-order valence-electron chi connectivity index (χ2n) is 8.79. The molecule has 1 aromatic heterocycles. The minimum atomic E-state index is -0.741. The average molecular weight is 538 g/mol. The van der Waals surface area contributed by atoms with Crippen LogP contribution in [-0.2, 0) is 17.6 Å². The fraction of sp³-hybridized carbons (Fsp3) is 0.480. The fourth-order valence-electron chi connectivity index (χ4n) is 4.76. The van der Waals surface area contributed by atoms with Crippen LogP contribution >= 0.6 is 34.5 Å². The third kappa shape index (κ3) is 6.00. The van der Waals surface area contributed by atoms with E-state index < -0.39 is 18.0 Å². The highest BCUT2D eigenvalue weighted by molar-refractivity contribution is 7.17. The summed E-state index contributed by atoms with van der Waals surface area (Å²) in [6, 6.07) is 3.47. The Morgan fingerprint density at radius 1 is 1.14 bits per heavy atom. The number of nitrogens with one attached hydrogen (secondary N) is 3. The summed E-state index contributed by atoms with van der Waals surface area (Å²) in [4.78, 5) is 40.5. The second kappa shape index (κ2) is 11.7. The van der Waals surface area contributed by atoms with Crippen LogP contribution in [0, 0.1) is 5.92 Å². The van der Waals surface area contributed by atoms with Crippen LogP contribution in [0.15, 0.2) is 18.2 Å². The van der Waals surface area contributed by atoms with E-state index >= 15 is 0 Å². The van der Waals surface area contributed by atoms with E-state index in [0.717, 1.165) is 62.1 Å². The maximum absolute atomic E-state index is 13.5. The van der Waals surface area contributed by atoms with Crippen molar-refractivity contribution in [1.82, 2.24) is 10.6 Å². The summed E-state index contributed by atoms with van der Waals surface area (Å²) in [5, 5.41) is 10.2. The van der Waals surface area contributed by atoms with Crippen LogP contribution in [0.3, 0.4) is 0 Å². The number of fused-ring (bicyclic) bond motifs is 1. The van der Waals surface area contributed by atoms with Crippen molar-refractivity contribution in [2.75, 3.05) is 25.0 Å². The first-order chi connectivity index (χ1) is 16.9. The SMILES string of the molecule is CCOC(=O)c1c(NC(=O)NC(C(=O)c2ccc(Cl)c(Cl)c2)C2CCNCC2)sc2c1CCCC2. The molecule has 0 bridgehead atoms. The number of hydrogen-bond acceptors (Lipinski definition) is 6. The molecule has 188 valence electrons. The van der Waals surface area contributed by atoms with Gasteiger partial charge in [0.15, 0.2) is 5.78 Å². The van der Waals surface area contributed by atoms with E-state index in [-0.39, 0.29) is 23.3 Å². The van der Waals surface area contributed by atoms with E-state index in [1.807, 2.05) is 0 Å². The van der Waals surface area contributed by atoms with Crippen molar-refractivity contribution >= 4 is 57.3 Å². The molecule has 1 aliphatic heterocycles. The molecule has 3 N–H and O–H groups in total. The first-order valence-electron chi connectivity index (χ1n) is 12.0. The van der Waals surface area contributed by atoms with Crippen molar-refractivity contribution in [1.29, 1.82) is 0 Å². The average Bonchev–Trinajstić information content (AvgIpc) is 3.22. The molecule has 0 saturated carbocycles. The Morgan fingerprint density at radius 2 is 1.89 bits per heavy atom. The zero-order valence-electron chi connectivity index (χ0n) is 19.5. The molecular weight excluding hydrogens is 509 g/mol. The van der Waals surface area contributed by atoms with E-state index in [2.05, 4.69) is 16.0 Å². The summed E-state index contributed by atoms with van der Waals surface area (Å²) in [5.74, 6) is -0.685.